The first-order valence-corrected chi connectivity index (χ1v) is 7.43. The molecule has 0 unspecified atom stereocenters. The lowest BCUT2D eigenvalue weighted by Gasteiger charge is -2.09. The van der Waals surface area contributed by atoms with Gasteiger partial charge in [-0.25, -0.2) is 0 Å². The average Bonchev–Trinajstić information content (AvgIpc) is 2.55. The van der Waals surface area contributed by atoms with Crippen LogP contribution in [-0.4, -0.2) is 16.7 Å². The first kappa shape index (κ1) is 17.4. The van der Waals surface area contributed by atoms with Crippen LogP contribution in [0.15, 0.2) is 42.5 Å². The van der Waals surface area contributed by atoms with E-state index in [9.17, 15) is 19.7 Å². The topological polar surface area (TPSA) is 101 Å². The van der Waals surface area contributed by atoms with Crippen LogP contribution in [0.2, 0.25) is 5.02 Å². The second-order valence-electron chi connectivity index (χ2n) is 4.86. The van der Waals surface area contributed by atoms with Crippen molar-refractivity contribution in [3.63, 3.8) is 0 Å². The van der Waals surface area contributed by atoms with Crippen molar-refractivity contribution in [2.24, 2.45) is 0 Å². The fourth-order valence-corrected chi connectivity index (χ4v) is 2.13. The van der Waals surface area contributed by atoms with Crippen molar-refractivity contribution in [2.45, 2.75) is 13.3 Å². The number of hydrogen-bond donors (Lipinski definition) is 2. The summed E-state index contributed by atoms with van der Waals surface area (Å²) in [6.07, 6.45) is 0.333. The SMILES string of the molecule is CCC(=O)Nc1cccc(NC(=O)c2cc([N+](=O)[O-])ccc2Cl)c1. The number of nitrogens with zero attached hydrogens (tertiary/aromatic N) is 1. The summed E-state index contributed by atoms with van der Waals surface area (Å²) in [6, 6.07) is 10.2. The van der Waals surface area contributed by atoms with E-state index in [1.165, 1.54) is 12.1 Å². The number of amides is 2. The van der Waals surface area contributed by atoms with Crippen LogP contribution in [0, 0.1) is 10.1 Å². The summed E-state index contributed by atoms with van der Waals surface area (Å²) >= 11 is 5.94. The molecule has 0 atom stereocenters. The Morgan fingerprint density at radius 1 is 1.12 bits per heavy atom. The van der Waals surface area contributed by atoms with Gasteiger partial charge in [-0.3, -0.25) is 19.7 Å². The van der Waals surface area contributed by atoms with Crippen molar-refractivity contribution in [1.82, 2.24) is 0 Å². The summed E-state index contributed by atoms with van der Waals surface area (Å²) in [7, 11) is 0. The molecule has 0 fully saturated rings. The van der Waals surface area contributed by atoms with E-state index in [-0.39, 0.29) is 22.2 Å². The van der Waals surface area contributed by atoms with E-state index in [1.807, 2.05) is 0 Å². The summed E-state index contributed by atoms with van der Waals surface area (Å²) in [5, 5.41) is 16.2. The Kier molecular flexibility index (Phi) is 5.49. The first-order chi connectivity index (χ1) is 11.4. The number of halogens is 1. The Hall–Kier alpha value is -2.93. The van der Waals surface area contributed by atoms with E-state index in [1.54, 1.807) is 31.2 Å². The van der Waals surface area contributed by atoms with Gasteiger partial charge in [0, 0.05) is 29.9 Å². The van der Waals surface area contributed by atoms with Gasteiger partial charge in [-0.05, 0) is 24.3 Å². The molecule has 24 heavy (non-hydrogen) atoms. The van der Waals surface area contributed by atoms with Crippen molar-refractivity contribution in [1.29, 1.82) is 0 Å². The normalized spacial score (nSPS) is 10.1. The Labute approximate surface area is 142 Å². The summed E-state index contributed by atoms with van der Waals surface area (Å²) in [6.45, 7) is 1.73. The maximum absolute atomic E-state index is 12.3. The van der Waals surface area contributed by atoms with E-state index in [0.717, 1.165) is 6.07 Å². The number of non-ortho nitro benzene ring substituents is 1. The van der Waals surface area contributed by atoms with E-state index < -0.39 is 10.8 Å². The molecule has 2 aromatic rings. The van der Waals surface area contributed by atoms with Crippen molar-refractivity contribution < 1.29 is 14.5 Å². The van der Waals surface area contributed by atoms with Crippen LogP contribution >= 0.6 is 11.6 Å². The number of nitrogens with one attached hydrogen (secondary N) is 2. The molecule has 0 aromatic heterocycles. The van der Waals surface area contributed by atoms with Crippen LogP contribution in [0.5, 0.6) is 0 Å². The minimum Gasteiger partial charge on any atom is -0.326 e. The van der Waals surface area contributed by atoms with Crippen LogP contribution in [0.4, 0.5) is 17.1 Å². The minimum atomic E-state index is -0.603. The molecule has 0 heterocycles. The number of nitro groups is 1. The third kappa shape index (κ3) is 4.30. The smallest absolute Gasteiger partial charge is 0.270 e. The highest BCUT2D eigenvalue weighted by Crippen LogP contribution is 2.24. The van der Waals surface area contributed by atoms with Crippen molar-refractivity contribution >= 4 is 40.5 Å². The molecule has 0 aliphatic heterocycles. The number of benzene rings is 2. The molecule has 2 N–H and O–H groups in total. The third-order valence-corrected chi connectivity index (χ3v) is 3.46. The van der Waals surface area contributed by atoms with Gasteiger partial charge in [0.15, 0.2) is 0 Å². The summed E-state index contributed by atoms with van der Waals surface area (Å²) < 4.78 is 0. The van der Waals surface area contributed by atoms with E-state index in [2.05, 4.69) is 10.6 Å². The van der Waals surface area contributed by atoms with Gasteiger partial charge in [-0.2, -0.15) is 0 Å². The molecule has 2 amide bonds. The third-order valence-electron chi connectivity index (χ3n) is 3.13. The standard InChI is InChI=1S/C16H14ClN3O4/c1-2-15(21)18-10-4-3-5-11(8-10)19-16(22)13-9-12(20(23)24)6-7-14(13)17/h3-9H,2H2,1H3,(H,18,21)(H,19,22). The largest absolute Gasteiger partial charge is 0.326 e. The Bertz CT molecular complexity index is 808. The second-order valence-corrected chi connectivity index (χ2v) is 5.27. The van der Waals surface area contributed by atoms with Gasteiger partial charge in [0.05, 0.1) is 15.5 Å². The van der Waals surface area contributed by atoms with Crippen LogP contribution in [-0.2, 0) is 4.79 Å². The number of hydrogen-bond acceptors (Lipinski definition) is 4. The van der Waals surface area contributed by atoms with Gasteiger partial charge < -0.3 is 10.6 Å². The minimum absolute atomic E-state index is 0.00568. The highest BCUT2D eigenvalue weighted by Gasteiger charge is 2.16. The van der Waals surface area contributed by atoms with Gasteiger partial charge in [0.1, 0.15) is 0 Å². The average molecular weight is 348 g/mol. The first-order valence-electron chi connectivity index (χ1n) is 7.06. The predicted octanol–water partition coefficient (Wildman–Crippen LogP) is 3.85. The molecule has 0 aliphatic rings. The Morgan fingerprint density at radius 3 is 2.42 bits per heavy atom. The number of rotatable bonds is 5. The van der Waals surface area contributed by atoms with Gasteiger partial charge in [-0.15, -0.1) is 0 Å². The van der Waals surface area contributed by atoms with Crippen molar-refractivity contribution in [2.75, 3.05) is 10.6 Å². The zero-order chi connectivity index (χ0) is 17.7. The quantitative estimate of drug-likeness (QED) is 0.633. The van der Waals surface area contributed by atoms with Crippen LogP contribution < -0.4 is 10.6 Å². The molecule has 124 valence electrons. The fraction of sp³-hybridized carbons (Fsp3) is 0.125. The molecule has 2 rings (SSSR count). The Morgan fingerprint density at radius 2 is 1.79 bits per heavy atom. The van der Waals surface area contributed by atoms with Crippen LogP contribution in [0.25, 0.3) is 0 Å². The van der Waals surface area contributed by atoms with Crippen molar-refractivity contribution in [3.05, 3.63) is 63.2 Å². The van der Waals surface area contributed by atoms with E-state index in [4.69, 9.17) is 11.6 Å². The molecule has 0 saturated carbocycles. The number of nitro benzene ring substituents is 1. The zero-order valence-corrected chi connectivity index (χ0v) is 13.5. The van der Waals surface area contributed by atoms with Gasteiger partial charge in [-0.1, -0.05) is 24.6 Å². The van der Waals surface area contributed by atoms with Gasteiger partial charge in [0.25, 0.3) is 11.6 Å². The van der Waals surface area contributed by atoms with Crippen LogP contribution in [0.1, 0.15) is 23.7 Å². The lowest BCUT2D eigenvalue weighted by molar-refractivity contribution is -0.384. The lowest BCUT2D eigenvalue weighted by atomic mass is 10.1. The molecule has 2 aromatic carbocycles. The predicted molar refractivity (Wildman–Crippen MR) is 91.4 cm³/mol. The fourth-order valence-electron chi connectivity index (χ4n) is 1.92. The number of carbonyl (C=O) groups excluding carboxylic acids is 2. The highest BCUT2D eigenvalue weighted by atomic mass is 35.5. The molecule has 0 bridgehead atoms. The summed E-state index contributed by atoms with van der Waals surface area (Å²) in [5.41, 5.74) is 0.726. The molecule has 8 heteroatoms. The molecule has 7 nitrogen and oxygen atoms in total. The monoisotopic (exact) mass is 347 g/mol. The van der Waals surface area contributed by atoms with Crippen molar-refractivity contribution in [3.8, 4) is 0 Å². The Balaban J connectivity index is 2.21. The molecule has 0 aliphatic carbocycles. The number of anilines is 2. The van der Waals surface area contributed by atoms with Crippen LogP contribution in [0.3, 0.4) is 0 Å². The summed E-state index contributed by atoms with van der Waals surface area (Å²) in [4.78, 5) is 33.9. The maximum atomic E-state index is 12.3. The second kappa shape index (κ2) is 7.56. The zero-order valence-electron chi connectivity index (χ0n) is 12.7. The number of carbonyl (C=O) groups is 2. The highest BCUT2D eigenvalue weighted by molar-refractivity contribution is 6.34. The molecule has 0 radical (unpaired) electrons. The molecule has 0 saturated heterocycles. The van der Waals surface area contributed by atoms with Gasteiger partial charge in [0.2, 0.25) is 5.91 Å². The summed E-state index contributed by atoms with van der Waals surface area (Å²) in [5.74, 6) is -0.733. The molecular weight excluding hydrogens is 334 g/mol. The maximum Gasteiger partial charge on any atom is 0.270 e. The van der Waals surface area contributed by atoms with E-state index in [0.29, 0.717) is 17.8 Å². The molecular formula is C16H14ClN3O4. The molecule has 0 spiro atoms. The van der Waals surface area contributed by atoms with Gasteiger partial charge >= 0.3 is 0 Å². The lowest BCUT2D eigenvalue weighted by Crippen LogP contribution is -2.14. The van der Waals surface area contributed by atoms with E-state index >= 15 is 0 Å².